The van der Waals surface area contributed by atoms with E-state index in [1.54, 1.807) is 11.3 Å². The summed E-state index contributed by atoms with van der Waals surface area (Å²) in [6.45, 7) is 15.1. The van der Waals surface area contributed by atoms with Gasteiger partial charge in [-0.15, -0.1) is 11.3 Å². The number of fused-ring (bicyclic) bond motifs is 2. The van der Waals surface area contributed by atoms with Gasteiger partial charge in [-0.1, -0.05) is 32.9 Å². The summed E-state index contributed by atoms with van der Waals surface area (Å²) in [5.41, 5.74) is 3.87. The van der Waals surface area contributed by atoms with E-state index in [1.807, 2.05) is 24.3 Å². The molecule has 3 aromatic heterocycles. The summed E-state index contributed by atoms with van der Waals surface area (Å²) in [6.07, 6.45) is 0. The molecular weight excluding hydrogens is 492 g/mol. The van der Waals surface area contributed by atoms with E-state index in [0.717, 1.165) is 90.9 Å². The molecule has 4 heterocycles. The van der Waals surface area contributed by atoms with Crippen LogP contribution >= 0.6 is 11.3 Å². The van der Waals surface area contributed by atoms with Gasteiger partial charge in [-0.2, -0.15) is 0 Å². The Morgan fingerprint density at radius 3 is 2.21 bits per heavy atom. The Balaban J connectivity index is 1.39. The fourth-order valence-electron chi connectivity index (χ4n) is 4.76. The zero-order valence-electron chi connectivity index (χ0n) is 22.6. The van der Waals surface area contributed by atoms with Crippen molar-refractivity contribution in [1.29, 1.82) is 0 Å². The molecule has 0 bridgehead atoms. The molecule has 3 N–H and O–H groups in total. The predicted molar refractivity (Wildman–Crippen MR) is 159 cm³/mol. The van der Waals surface area contributed by atoms with Gasteiger partial charge in [0, 0.05) is 69.0 Å². The summed E-state index contributed by atoms with van der Waals surface area (Å²) in [7, 11) is 0. The second kappa shape index (κ2) is 12.0. The molecule has 0 radical (unpaired) electrons. The lowest BCUT2D eigenvalue weighted by atomic mass is 9.86. The van der Waals surface area contributed by atoms with Crippen molar-refractivity contribution in [3.8, 4) is 11.4 Å². The van der Waals surface area contributed by atoms with Crippen LogP contribution in [0.3, 0.4) is 0 Å². The van der Waals surface area contributed by atoms with Crippen LogP contribution in [-0.2, 0) is 12.0 Å². The van der Waals surface area contributed by atoms with Crippen LogP contribution in [0.15, 0.2) is 53.3 Å². The van der Waals surface area contributed by atoms with E-state index in [2.05, 4.69) is 65.9 Å². The minimum Gasteiger partial charge on any atom is -0.314 e. The summed E-state index contributed by atoms with van der Waals surface area (Å²) in [4.78, 5) is 26.4. The van der Waals surface area contributed by atoms with Gasteiger partial charge in [0.25, 0.3) is 0 Å². The van der Waals surface area contributed by atoms with Crippen molar-refractivity contribution in [2.45, 2.75) is 32.7 Å². The SMILES string of the molecule is CC(C)(C)c1ccc2sc3nc(-c4cccc(CN5CCNCCNCCNCC5)n4)ccc3c(=O)c2c1. The highest BCUT2D eigenvalue weighted by Gasteiger charge is 2.17. The Labute approximate surface area is 228 Å². The van der Waals surface area contributed by atoms with E-state index in [9.17, 15) is 4.79 Å². The smallest absolute Gasteiger partial charge is 0.197 e. The molecule has 1 aliphatic rings. The molecule has 4 aromatic rings. The highest BCUT2D eigenvalue weighted by Crippen LogP contribution is 2.30. The lowest BCUT2D eigenvalue weighted by molar-refractivity contribution is 0.260. The highest BCUT2D eigenvalue weighted by molar-refractivity contribution is 7.24. The van der Waals surface area contributed by atoms with Gasteiger partial charge in [-0.3, -0.25) is 9.69 Å². The van der Waals surface area contributed by atoms with Crippen LogP contribution in [0.25, 0.3) is 31.7 Å². The first-order chi connectivity index (χ1) is 18.4. The largest absolute Gasteiger partial charge is 0.314 e. The van der Waals surface area contributed by atoms with E-state index in [0.29, 0.717) is 5.39 Å². The van der Waals surface area contributed by atoms with Crippen LogP contribution in [0, 0.1) is 0 Å². The Morgan fingerprint density at radius 1 is 0.816 bits per heavy atom. The number of hydrogen-bond donors (Lipinski definition) is 3. The van der Waals surface area contributed by atoms with Crippen molar-refractivity contribution >= 4 is 31.6 Å². The molecule has 1 saturated heterocycles. The lowest BCUT2D eigenvalue weighted by Gasteiger charge is -2.23. The first-order valence-electron chi connectivity index (χ1n) is 13.6. The number of aromatic nitrogens is 2. The third-order valence-corrected chi connectivity index (χ3v) is 8.10. The second-order valence-corrected chi connectivity index (χ2v) is 12.0. The molecule has 1 fully saturated rings. The molecule has 0 saturated carbocycles. The zero-order chi connectivity index (χ0) is 26.5. The summed E-state index contributed by atoms with van der Waals surface area (Å²) in [6, 6.07) is 16.2. The molecule has 0 aliphatic carbocycles. The van der Waals surface area contributed by atoms with Crippen LogP contribution in [0.4, 0.5) is 0 Å². The molecule has 8 heteroatoms. The minimum absolute atomic E-state index is 0.00665. The molecule has 0 unspecified atom stereocenters. The van der Waals surface area contributed by atoms with Crippen molar-refractivity contribution < 1.29 is 0 Å². The minimum atomic E-state index is -0.00665. The topological polar surface area (TPSA) is 82.2 Å². The van der Waals surface area contributed by atoms with Gasteiger partial charge in [0.05, 0.1) is 22.5 Å². The van der Waals surface area contributed by atoms with Crippen molar-refractivity contribution in [3.63, 3.8) is 0 Å². The Morgan fingerprint density at radius 2 is 1.50 bits per heavy atom. The first-order valence-corrected chi connectivity index (χ1v) is 14.4. The average Bonchev–Trinajstić information content (AvgIpc) is 2.89. The molecule has 5 rings (SSSR count). The van der Waals surface area contributed by atoms with Crippen LogP contribution < -0.4 is 21.4 Å². The molecule has 0 spiro atoms. The molecule has 0 amide bonds. The second-order valence-electron chi connectivity index (χ2n) is 11.0. The molecule has 7 nitrogen and oxygen atoms in total. The lowest BCUT2D eigenvalue weighted by Crippen LogP contribution is -2.41. The number of nitrogens with one attached hydrogen (secondary N) is 3. The third kappa shape index (κ3) is 6.45. The van der Waals surface area contributed by atoms with E-state index in [1.165, 1.54) is 5.56 Å². The maximum Gasteiger partial charge on any atom is 0.197 e. The van der Waals surface area contributed by atoms with Crippen molar-refractivity contribution in [3.05, 3.63) is 70.0 Å². The van der Waals surface area contributed by atoms with Gasteiger partial charge < -0.3 is 16.0 Å². The Kier molecular flexibility index (Phi) is 8.45. The van der Waals surface area contributed by atoms with Crippen LogP contribution in [0.1, 0.15) is 32.0 Å². The number of nitrogens with zero attached hydrogens (tertiary/aromatic N) is 3. The predicted octanol–water partition coefficient (Wildman–Crippen LogP) is 3.75. The molecular formula is C30H38N6OS. The summed E-state index contributed by atoms with van der Waals surface area (Å²) in [5, 5.41) is 11.9. The van der Waals surface area contributed by atoms with E-state index >= 15 is 0 Å². The van der Waals surface area contributed by atoms with Crippen molar-refractivity contribution in [1.82, 2.24) is 30.8 Å². The van der Waals surface area contributed by atoms with Crippen LogP contribution in [0.5, 0.6) is 0 Å². The number of pyridine rings is 2. The summed E-state index contributed by atoms with van der Waals surface area (Å²) >= 11 is 1.57. The molecule has 0 atom stereocenters. The van der Waals surface area contributed by atoms with E-state index in [-0.39, 0.29) is 10.8 Å². The normalized spacial score (nSPS) is 16.8. The van der Waals surface area contributed by atoms with E-state index < -0.39 is 0 Å². The van der Waals surface area contributed by atoms with E-state index in [4.69, 9.17) is 9.97 Å². The Bertz CT molecular complexity index is 1450. The number of rotatable bonds is 3. The maximum absolute atomic E-state index is 13.4. The third-order valence-electron chi connectivity index (χ3n) is 7.02. The monoisotopic (exact) mass is 530 g/mol. The summed E-state index contributed by atoms with van der Waals surface area (Å²) < 4.78 is 0.968. The average molecular weight is 531 g/mol. The molecule has 38 heavy (non-hydrogen) atoms. The molecule has 1 aliphatic heterocycles. The maximum atomic E-state index is 13.4. The zero-order valence-corrected chi connectivity index (χ0v) is 23.5. The van der Waals surface area contributed by atoms with Crippen LogP contribution in [-0.4, -0.2) is 67.2 Å². The standard InChI is InChI=1S/C30H38N6OS/c1-30(2,3)21-7-10-27-24(19-21)28(37)23-8-9-26(35-29(23)38-27)25-6-4-5-22(34-25)20-36-17-15-32-13-11-31-12-14-33-16-18-36/h4-10,19,31-33H,11-18,20H2,1-3H3. The first kappa shape index (κ1) is 26.8. The summed E-state index contributed by atoms with van der Waals surface area (Å²) in [5.74, 6) is 0. The van der Waals surface area contributed by atoms with Gasteiger partial charge in [-0.05, 0) is 47.4 Å². The van der Waals surface area contributed by atoms with Gasteiger partial charge in [-0.25, -0.2) is 9.97 Å². The van der Waals surface area contributed by atoms with Gasteiger partial charge in [0.2, 0.25) is 0 Å². The Hall–Kier alpha value is -2.75. The van der Waals surface area contributed by atoms with Crippen molar-refractivity contribution in [2.75, 3.05) is 52.4 Å². The van der Waals surface area contributed by atoms with Gasteiger partial charge >= 0.3 is 0 Å². The number of benzene rings is 1. The van der Waals surface area contributed by atoms with Gasteiger partial charge in [0.1, 0.15) is 4.83 Å². The molecule has 200 valence electrons. The van der Waals surface area contributed by atoms with Crippen molar-refractivity contribution in [2.24, 2.45) is 0 Å². The fraction of sp³-hybridized carbons (Fsp3) is 0.433. The van der Waals surface area contributed by atoms with Gasteiger partial charge in [0.15, 0.2) is 5.43 Å². The molecule has 1 aromatic carbocycles. The fourth-order valence-corrected chi connectivity index (χ4v) is 5.78. The number of hydrogen-bond acceptors (Lipinski definition) is 8. The highest BCUT2D eigenvalue weighted by atomic mass is 32.1. The van der Waals surface area contributed by atoms with Crippen LogP contribution in [0.2, 0.25) is 0 Å². The quantitative estimate of drug-likeness (QED) is 0.348.